The summed E-state index contributed by atoms with van der Waals surface area (Å²) in [5, 5.41) is 0. The summed E-state index contributed by atoms with van der Waals surface area (Å²) in [6.07, 6.45) is 8.35. The van der Waals surface area contributed by atoms with Gasteiger partial charge in [-0.25, -0.2) is 0 Å². The highest BCUT2D eigenvalue weighted by atomic mass is 14.2. The fraction of sp³-hybridized carbons (Fsp3) is 0.833. The fourth-order valence-corrected chi connectivity index (χ4v) is 1.17. The highest BCUT2D eigenvalue weighted by Crippen LogP contribution is 2.24. The average Bonchev–Trinajstić information content (AvgIpc) is 1.95. The van der Waals surface area contributed by atoms with Crippen LogP contribution >= 0.6 is 0 Å². The molecule has 0 aromatic rings. The maximum Gasteiger partial charge on any atom is -0.0325 e. The lowest BCUT2D eigenvalue weighted by Crippen LogP contribution is -2.07. The summed E-state index contributed by atoms with van der Waals surface area (Å²) in [5.74, 6) is 0.848. The molecule has 0 nitrogen and oxygen atoms in total. The molecule has 72 valence electrons. The van der Waals surface area contributed by atoms with Gasteiger partial charge in [0, 0.05) is 0 Å². The van der Waals surface area contributed by atoms with Crippen molar-refractivity contribution in [2.75, 3.05) is 0 Å². The molecule has 1 atom stereocenters. The summed E-state index contributed by atoms with van der Waals surface area (Å²) in [6, 6.07) is 0. The molecule has 1 unspecified atom stereocenters. The SMILES string of the molecule is CC=CCC(C)CCC(C)(C)C. The van der Waals surface area contributed by atoms with Crippen molar-refractivity contribution in [3.63, 3.8) is 0 Å². The first-order valence-electron chi connectivity index (χ1n) is 5.07. The Labute approximate surface area is 78.1 Å². The average molecular weight is 168 g/mol. The van der Waals surface area contributed by atoms with E-state index in [1.807, 2.05) is 0 Å². The monoisotopic (exact) mass is 168 g/mol. The molecule has 0 fully saturated rings. The molecule has 0 spiro atoms. The van der Waals surface area contributed by atoms with Crippen LogP contribution in [0.1, 0.15) is 53.9 Å². The lowest BCUT2D eigenvalue weighted by molar-refractivity contribution is 0.331. The van der Waals surface area contributed by atoms with Crippen LogP contribution in [0.3, 0.4) is 0 Å². The van der Waals surface area contributed by atoms with E-state index in [0.29, 0.717) is 5.41 Å². The molecule has 0 amide bonds. The van der Waals surface area contributed by atoms with Crippen LogP contribution in [0.2, 0.25) is 0 Å². The van der Waals surface area contributed by atoms with Crippen molar-refractivity contribution in [1.82, 2.24) is 0 Å². The van der Waals surface area contributed by atoms with Crippen molar-refractivity contribution in [1.29, 1.82) is 0 Å². The highest BCUT2D eigenvalue weighted by molar-refractivity contribution is 4.79. The number of rotatable bonds is 4. The Hall–Kier alpha value is -0.260. The summed E-state index contributed by atoms with van der Waals surface area (Å²) < 4.78 is 0. The lowest BCUT2D eigenvalue weighted by Gasteiger charge is -2.20. The molecular formula is C12H24. The second kappa shape index (κ2) is 5.40. The van der Waals surface area contributed by atoms with Gasteiger partial charge in [0.1, 0.15) is 0 Å². The quantitative estimate of drug-likeness (QED) is 0.545. The van der Waals surface area contributed by atoms with Crippen molar-refractivity contribution in [3.8, 4) is 0 Å². The molecule has 0 bridgehead atoms. The molecule has 0 radical (unpaired) electrons. The van der Waals surface area contributed by atoms with Crippen LogP contribution in [0.5, 0.6) is 0 Å². The fourth-order valence-electron chi connectivity index (χ4n) is 1.17. The second-order valence-corrected chi connectivity index (χ2v) is 5.01. The molecule has 0 aliphatic rings. The van der Waals surface area contributed by atoms with Crippen molar-refractivity contribution in [2.45, 2.75) is 53.9 Å². The van der Waals surface area contributed by atoms with E-state index < -0.39 is 0 Å². The third-order valence-electron chi connectivity index (χ3n) is 2.16. The van der Waals surface area contributed by atoms with Crippen molar-refractivity contribution in [2.24, 2.45) is 11.3 Å². The molecule has 12 heavy (non-hydrogen) atoms. The zero-order chi connectivity index (χ0) is 9.61. The zero-order valence-corrected chi connectivity index (χ0v) is 9.35. The van der Waals surface area contributed by atoms with Gasteiger partial charge in [-0.1, -0.05) is 39.8 Å². The van der Waals surface area contributed by atoms with Crippen molar-refractivity contribution >= 4 is 0 Å². The Morgan fingerprint density at radius 2 is 1.83 bits per heavy atom. The molecule has 0 aromatic heterocycles. The standard InChI is InChI=1S/C12H24/c1-6-7-8-11(2)9-10-12(3,4)5/h6-7,11H,8-10H2,1-5H3. The Morgan fingerprint density at radius 3 is 2.25 bits per heavy atom. The van der Waals surface area contributed by atoms with Gasteiger partial charge in [0.25, 0.3) is 0 Å². The molecule has 0 saturated carbocycles. The van der Waals surface area contributed by atoms with E-state index in [2.05, 4.69) is 46.8 Å². The van der Waals surface area contributed by atoms with Crippen LogP contribution in [-0.2, 0) is 0 Å². The Bertz CT molecular complexity index is 125. The summed E-state index contributed by atoms with van der Waals surface area (Å²) >= 11 is 0. The van der Waals surface area contributed by atoms with E-state index in [1.54, 1.807) is 0 Å². The predicted octanol–water partition coefficient (Wildman–Crippen LogP) is 4.42. The second-order valence-electron chi connectivity index (χ2n) is 5.01. The first-order chi connectivity index (χ1) is 5.45. The molecular weight excluding hydrogens is 144 g/mol. The molecule has 0 heteroatoms. The topological polar surface area (TPSA) is 0 Å². The smallest absolute Gasteiger partial charge is 0.0325 e. The molecule has 0 saturated heterocycles. The number of allylic oxidation sites excluding steroid dienone is 2. The van der Waals surface area contributed by atoms with Crippen molar-refractivity contribution in [3.05, 3.63) is 12.2 Å². The normalized spacial score (nSPS) is 15.4. The third kappa shape index (κ3) is 7.84. The molecule has 0 rings (SSSR count). The van der Waals surface area contributed by atoms with E-state index in [4.69, 9.17) is 0 Å². The van der Waals surface area contributed by atoms with E-state index in [9.17, 15) is 0 Å². The van der Waals surface area contributed by atoms with Gasteiger partial charge in [0.15, 0.2) is 0 Å². The lowest BCUT2D eigenvalue weighted by atomic mass is 9.86. The predicted molar refractivity (Wildman–Crippen MR) is 57.3 cm³/mol. The molecule has 0 aliphatic carbocycles. The van der Waals surface area contributed by atoms with Crippen LogP contribution in [0, 0.1) is 11.3 Å². The van der Waals surface area contributed by atoms with Gasteiger partial charge >= 0.3 is 0 Å². The van der Waals surface area contributed by atoms with Gasteiger partial charge < -0.3 is 0 Å². The zero-order valence-electron chi connectivity index (χ0n) is 9.35. The van der Waals surface area contributed by atoms with Gasteiger partial charge in [0.05, 0.1) is 0 Å². The molecule has 0 aromatic carbocycles. The summed E-state index contributed by atoms with van der Waals surface area (Å²) in [4.78, 5) is 0. The van der Waals surface area contributed by atoms with Crippen LogP contribution in [-0.4, -0.2) is 0 Å². The van der Waals surface area contributed by atoms with Crippen LogP contribution in [0.4, 0.5) is 0 Å². The van der Waals surface area contributed by atoms with Gasteiger partial charge in [-0.2, -0.15) is 0 Å². The third-order valence-corrected chi connectivity index (χ3v) is 2.16. The molecule has 0 heterocycles. The number of hydrogen-bond acceptors (Lipinski definition) is 0. The Balaban J connectivity index is 3.50. The van der Waals surface area contributed by atoms with Gasteiger partial charge in [-0.15, -0.1) is 0 Å². The maximum absolute atomic E-state index is 2.34. The van der Waals surface area contributed by atoms with E-state index >= 15 is 0 Å². The van der Waals surface area contributed by atoms with Gasteiger partial charge in [-0.05, 0) is 37.5 Å². The highest BCUT2D eigenvalue weighted by Gasteiger charge is 2.11. The van der Waals surface area contributed by atoms with Crippen LogP contribution < -0.4 is 0 Å². The minimum atomic E-state index is 0.504. The minimum Gasteiger partial charge on any atom is -0.0917 e. The minimum absolute atomic E-state index is 0.504. The number of hydrogen-bond donors (Lipinski definition) is 0. The maximum atomic E-state index is 2.34. The Morgan fingerprint density at radius 1 is 1.25 bits per heavy atom. The molecule has 0 aliphatic heterocycles. The first kappa shape index (κ1) is 11.7. The van der Waals surface area contributed by atoms with Crippen molar-refractivity contribution < 1.29 is 0 Å². The largest absolute Gasteiger partial charge is 0.0917 e. The van der Waals surface area contributed by atoms with Gasteiger partial charge in [0.2, 0.25) is 0 Å². The van der Waals surface area contributed by atoms with Gasteiger partial charge in [-0.3, -0.25) is 0 Å². The summed E-state index contributed by atoms with van der Waals surface area (Å²) in [7, 11) is 0. The Kier molecular flexibility index (Phi) is 5.28. The van der Waals surface area contributed by atoms with E-state index in [0.717, 1.165) is 5.92 Å². The van der Waals surface area contributed by atoms with Crippen LogP contribution in [0.25, 0.3) is 0 Å². The van der Waals surface area contributed by atoms with E-state index in [-0.39, 0.29) is 0 Å². The first-order valence-corrected chi connectivity index (χ1v) is 5.07. The summed E-state index contributed by atoms with van der Waals surface area (Å²) in [6.45, 7) is 11.4. The molecule has 0 N–H and O–H groups in total. The summed E-state index contributed by atoms with van der Waals surface area (Å²) in [5.41, 5.74) is 0.504. The van der Waals surface area contributed by atoms with Crippen LogP contribution in [0.15, 0.2) is 12.2 Å². The van der Waals surface area contributed by atoms with E-state index in [1.165, 1.54) is 19.3 Å².